The van der Waals surface area contributed by atoms with Crippen LogP contribution in [0, 0.1) is 4.91 Å². The molecule has 1 aliphatic rings. The van der Waals surface area contributed by atoms with Gasteiger partial charge in [-0.25, -0.2) is 4.79 Å². The van der Waals surface area contributed by atoms with Crippen LogP contribution < -0.4 is 0 Å². The number of hydrogen-bond acceptors (Lipinski definition) is 5. The first-order valence-electron chi connectivity index (χ1n) is 7.57. The summed E-state index contributed by atoms with van der Waals surface area (Å²) < 4.78 is 11.9. The van der Waals surface area contributed by atoms with E-state index in [9.17, 15) is 9.70 Å². The maximum absolute atomic E-state index is 12.0. The van der Waals surface area contributed by atoms with E-state index in [0.29, 0.717) is 18.8 Å². The summed E-state index contributed by atoms with van der Waals surface area (Å²) in [6, 6.07) is 7.23. The summed E-state index contributed by atoms with van der Waals surface area (Å²) in [6.45, 7) is 6.70. The summed E-state index contributed by atoms with van der Waals surface area (Å²) in [7, 11) is 1.46. The molecule has 126 valence electrons. The lowest BCUT2D eigenvalue weighted by Crippen LogP contribution is -2.35. The molecule has 0 aliphatic carbocycles. The van der Waals surface area contributed by atoms with Crippen molar-refractivity contribution in [2.24, 2.45) is 0 Å². The molecule has 1 saturated heterocycles. The number of rotatable bonds is 4. The fraction of sp³-hybridized carbons (Fsp3) is 0.562. The highest BCUT2D eigenvalue weighted by Crippen LogP contribution is 2.27. The van der Waals surface area contributed by atoms with Crippen molar-refractivity contribution in [2.75, 3.05) is 20.1 Å². The van der Waals surface area contributed by atoms with Gasteiger partial charge in [0, 0.05) is 45.3 Å². The average molecular weight is 339 g/mol. The number of hydrogen-bond donors (Lipinski definition) is 0. The first kappa shape index (κ1) is 17.7. The zero-order chi connectivity index (χ0) is 17.0. The van der Waals surface area contributed by atoms with Crippen LogP contribution in [0.15, 0.2) is 29.2 Å². The number of nitrogens with zero attached hydrogens (tertiary/aromatic N) is 2. The lowest BCUT2D eigenvalue weighted by molar-refractivity contribution is -0.428. The Morgan fingerprint density at radius 2 is 2.13 bits per heavy atom. The predicted molar refractivity (Wildman–Crippen MR) is 88.8 cm³/mol. The Bertz CT molecular complexity index is 586. The van der Waals surface area contributed by atoms with E-state index in [-0.39, 0.29) is 12.2 Å². The van der Waals surface area contributed by atoms with E-state index in [4.69, 9.17) is 8.92 Å². The fourth-order valence-electron chi connectivity index (χ4n) is 2.15. The van der Waals surface area contributed by atoms with E-state index in [2.05, 4.69) is 0 Å². The molecule has 2 rings (SSSR count). The van der Waals surface area contributed by atoms with E-state index in [1.807, 2.05) is 32.9 Å². The minimum Gasteiger partial charge on any atom is -0.444 e. The summed E-state index contributed by atoms with van der Waals surface area (Å²) >= 11 is 1.23. The normalized spacial score (nSPS) is 18.1. The molecule has 0 aromatic heterocycles. The molecule has 0 N–H and O–H groups in total. The van der Waals surface area contributed by atoms with Crippen molar-refractivity contribution in [3.05, 3.63) is 29.2 Å². The first-order valence-corrected chi connectivity index (χ1v) is 8.31. The molecule has 0 spiro atoms. The maximum Gasteiger partial charge on any atom is 0.410 e. The molecule has 6 nitrogen and oxygen atoms in total. The molecule has 0 radical (unpaired) electrons. The predicted octanol–water partition coefficient (Wildman–Crippen LogP) is 3.76. The highest BCUT2D eigenvalue weighted by Gasteiger charge is 2.30. The highest BCUT2D eigenvalue weighted by atomic mass is 32.2. The minimum atomic E-state index is -0.491. The van der Waals surface area contributed by atoms with Crippen LogP contribution in [0.4, 0.5) is 10.5 Å². The van der Waals surface area contributed by atoms with Crippen LogP contribution >= 0.6 is 12.0 Å². The van der Waals surface area contributed by atoms with Crippen LogP contribution in [-0.2, 0) is 8.92 Å². The van der Waals surface area contributed by atoms with Gasteiger partial charge in [-0.1, -0.05) is 6.07 Å². The maximum atomic E-state index is 12.0. The molecule has 1 atom stereocenters. The van der Waals surface area contributed by atoms with Crippen LogP contribution in [0.2, 0.25) is 0 Å². The Kier molecular flexibility index (Phi) is 5.64. The van der Waals surface area contributed by atoms with Crippen molar-refractivity contribution in [3.63, 3.8) is 0 Å². The van der Waals surface area contributed by atoms with Crippen LogP contribution in [0.1, 0.15) is 27.2 Å². The largest absolute Gasteiger partial charge is 0.444 e. The Labute approximate surface area is 140 Å². The molecule has 1 amide bonds. The van der Waals surface area contributed by atoms with E-state index < -0.39 is 5.60 Å². The van der Waals surface area contributed by atoms with Crippen molar-refractivity contribution in [1.29, 1.82) is 0 Å². The van der Waals surface area contributed by atoms with Crippen LogP contribution in [0.3, 0.4) is 0 Å². The summed E-state index contributed by atoms with van der Waals surface area (Å²) in [5.74, 6) is 0. The van der Waals surface area contributed by atoms with Crippen molar-refractivity contribution in [1.82, 2.24) is 4.90 Å². The second kappa shape index (κ2) is 7.31. The third-order valence-electron chi connectivity index (χ3n) is 3.26. The summed E-state index contributed by atoms with van der Waals surface area (Å²) in [4.78, 5) is 25.8. The summed E-state index contributed by atoms with van der Waals surface area (Å²) in [5.41, 5.74) is 0.0932. The molecule has 7 heteroatoms. The molecule has 1 aliphatic heterocycles. The second-order valence-electron chi connectivity index (χ2n) is 6.51. The van der Waals surface area contributed by atoms with Crippen LogP contribution in [0.5, 0.6) is 0 Å². The number of benzene rings is 1. The first-order chi connectivity index (χ1) is 10.7. The van der Waals surface area contributed by atoms with Gasteiger partial charge in [0.15, 0.2) is 7.05 Å². The molecular weight excluding hydrogens is 316 g/mol. The van der Waals surface area contributed by atoms with Crippen molar-refractivity contribution in [3.8, 4) is 0 Å². The third-order valence-corrected chi connectivity index (χ3v) is 4.07. The lowest BCUT2D eigenvalue weighted by Gasteiger charge is -2.24. The number of carbonyl (C=O) groups excluding carboxylic acids is 1. The third kappa shape index (κ3) is 5.51. The van der Waals surface area contributed by atoms with E-state index in [0.717, 1.165) is 16.1 Å². The Hall–Kier alpha value is -1.60. The topological polar surface area (TPSA) is 58.8 Å². The van der Waals surface area contributed by atoms with Gasteiger partial charge in [-0.3, -0.25) is 0 Å². The molecule has 1 fully saturated rings. The van der Waals surface area contributed by atoms with Gasteiger partial charge in [-0.05, 0) is 33.3 Å². The van der Waals surface area contributed by atoms with Crippen molar-refractivity contribution < 1.29 is 18.5 Å². The Balaban J connectivity index is 1.83. The quantitative estimate of drug-likeness (QED) is 0.617. The van der Waals surface area contributed by atoms with E-state index in [1.54, 1.807) is 17.0 Å². The smallest absolute Gasteiger partial charge is 0.410 e. The monoisotopic (exact) mass is 339 g/mol. The van der Waals surface area contributed by atoms with Gasteiger partial charge < -0.3 is 13.8 Å². The van der Waals surface area contributed by atoms with Gasteiger partial charge in [0.2, 0.25) is 0 Å². The zero-order valence-corrected chi connectivity index (χ0v) is 14.8. The fourth-order valence-corrected chi connectivity index (χ4v) is 2.86. The van der Waals surface area contributed by atoms with Crippen molar-refractivity contribution in [2.45, 2.75) is 43.8 Å². The number of nitroso groups, excluding NO2 is 1. The van der Waals surface area contributed by atoms with Crippen molar-refractivity contribution >= 4 is 23.8 Å². The van der Waals surface area contributed by atoms with E-state index in [1.165, 1.54) is 19.1 Å². The molecule has 1 aromatic carbocycles. The standard InChI is InChI=1S/C16H23N2O4S/c1-16(2,3)21-15(19)18-9-8-13(11-18)22-23-14-7-5-6-12(10-14)17(4)20/h5-7,10,13H,8-9,11H2,1-4H3/q+1. The summed E-state index contributed by atoms with van der Waals surface area (Å²) in [6.07, 6.45) is 0.428. The van der Waals surface area contributed by atoms with Gasteiger partial charge in [-0.15, -0.1) is 0 Å². The molecule has 1 unspecified atom stereocenters. The Morgan fingerprint density at radius 3 is 2.78 bits per heavy atom. The molecule has 0 saturated carbocycles. The molecular formula is C16H23N2O4S+. The molecule has 1 heterocycles. The molecule has 23 heavy (non-hydrogen) atoms. The minimum absolute atomic E-state index is 0.0406. The highest BCUT2D eigenvalue weighted by molar-refractivity contribution is 7.94. The van der Waals surface area contributed by atoms with Gasteiger partial charge in [0.25, 0.3) is 5.69 Å². The van der Waals surface area contributed by atoms with Gasteiger partial charge in [0.05, 0.1) is 12.6 Å². The average Bonchev–Trinajstić information content (AvgIpc) is 2.92. The van der Waals surface area contributed by atoms with Crippen LogP contribution in [0.25, 0.3) is 0 Å². The second-order valence-corrected chi connectivity index (χ2v) is 7.34. The number of likely N-dealkylation sites (tertiary alicyclic amines) is 1. The summed E-state index contributed by atoms with van der Waals surface area (Å²) in [5, 5.41) is 0. The van der Waals surface area contributed by atoms with E-state index >= 15 is 0 Å². The SMILES string of the molecule is C[N+](=O)c1cccc(SOC2CCN(C(=O)OC(C)(C)C)C2)c1. The van der Waals surface area contributed by atoms with Gasteiger partial charge in [-0.2, -0.15) is 0 Å². The lowest BCUT2D eigenvalue weighted by atomic mass is 10.2. The molecule has 1 aromatic rings. The number of amides is 1. The zero-order valence-electron chi connectivity index (χ0n) is 13.9. The number of ether oxygens (including phenoxy) is 1. The molecule has 0 bridgehead atoms. The van der Waals surface area contributed by atoms with Crippen LogP contribution in [-0.4, -0.2) is 47.6 Å². The Morgan fingerprint density at radius 1 is 1.39 bits per heavy atom. The van der Waals surface area contributed by atoms with Gasteiger partial charge in [0.1, 0.15) is 5.60 Å². The van der Waals surface area contributed by atoms with Gasteiger partial charge >= 0.3 is 6.09 Å². The number of carbonyl (C=O) groups is 1.